The number of unbranched alkanes of at least 4 members (excludes halogenated alkanes) is 2. The van der Waals surface area contributed by atoms with Crippen molar-refractivity contribution in [3.05, 3.63) is 6.92 Å². The zero-order valence-corrected chi connectivity index (χ0v) is 9.29. The summed E-state index contributed by atoms with van der Waals surface area (Å²) in [5.74, 6) is 0.862. The van der Waals surface area contributed by atoms with Crippen LogP contribution in [-0.2, 0) is 0 Å². The minimum atomic E-state index is 0.579. The fourth-order valence-electron chi connectivity index (χ4n) is 0.795. The molecule has 0 aromatic carbocycles. The van der Waals surface area contributed by atoms with Crippen LogP contribution in [0.2, 0.25) is 5.54 Å². The van der Waals surface area contributed by atoms with Crippen LogP contribution < -0.4 is 0 Å². The Morgan fingerprint density at radius 3 is 2.45 bits per heavy atom. The number of hydrogen-bond acceptors (Lipinski definition) is 0. The summed E-state index contributed by atoms with van der Waals surface area (Å²) >= 11 is 0. The predicted molar refractivity (Wildman–Crippen MR) is 56.7 cm³/mol. The first-order valence-corrected chi connectivity index (χ1v) is 5.97. The van der Waals surface area contributed by atoms with Crippen molar-refractivity contribution in [2.24, 2.45) is 5.92 Å². The second kappa shape index (κ2) is 6.78. The van der Waals surface area contributed by atoms with Gasteiger partial charge < -0.3 is 0 Å². The summed E-state index contributed by atoms with van der Waals surface area (Å²) in [7, 11) is 0.579. The van der Waals surface area contributed by atoms with E-state index in [1.54, 1.807) is 0 Å². The normalized spacial score (nSPS) is 14.6. The van der Waals surface area contributed by atoms with E-state index in [1.807, 2.05) is 0 Å². The van der Waals surface area contributed by atoms with Gasteiger partial charge in [-0.3, -0.25) is 0 Å². The van der Waals surface area contributed by atoms with E-state index in [0.29, 0.717) is 9.13 Å². The maximum atomic E-state index is 3.83. The van der Waals surface area contributed by atoms with E-state index in [1.165, 1.54) is 12.8 Å². The minimum absolute atomic E-state index is 0.579. The van der Waals surface area contributed by atoms with Gasteiger partial charge in [0, 0.05) is 0 Å². The third-order valence-corrected chi connectivity index (χ3v) is 4.09. The molecule has 0 bridgehead atoms. The van der Waals surface area contributed by atoms with E-state index in [9.17, 15) is 0 Å². The lowest BCUT2D eigenvalue weighted by Gasteiger charge is -2.08. The Kier molecular flexibility index (Phi) is 6.83. The molecular weight excluding hydrogens is 148 g/mol. The Labute approximate surface area is 73.8 Å². The van der Waals surface area contributed by atoms with Crippen molar-refractivity contribution in [1.82, 2.24) is 0 Å². The third kappa shape index (κ3) is 6.48. The minimum Gasteiger partial charge on any atom is -0.106 e. The standard InChI is InChI=1S/C10H21Si/c1-5-6-7-8-11-10(4)9(2)3/h8-11H,1,5-7H2,2-4H3. The van der Waals surface area contributed by atoms with Gasteiger partial charge in [-0.05, 0) is 27.0 Å². The lowest BCUT2D eigenvalue weighted by molar-refractivity contribution is 0.623. The van der Waals surface area contributed by atoms with Crippen molar-refractivity contribution in [3.63, 3.8) is 0 Å². The molecule has 0 saturated heterocycles. The van der Waals surface area contributed by atoms with Crippen molar-refractivity contribution < 1.29 is 0 Å². The molecule has 0 saturated carbocycles. The second-order valence-electron chi connectivity index (χ2n) is 3.53. The van der Waals surface area contributed by atoms with E-state index in [4.69, 9.17) is 0 Å². The molecule has 0 aromatic heterocycles. The van der Waals surface area contributed by atoms with E-state index in [-0.39, 0.29) is 0 Å². The van der Waals surface area contributed by atoms with Crippen LogP contribution in [0, 0.1) is 12.8 Å². The van der Waals surface area contributed by atoms with E-state index in [2.05, 4.69) is 33.4 Å². The second-order valence-corrected chi connectivity index (χ2v) is 5.43. The van der Waals surface area contributed by atoms with Crippen LogP contribution in [0.3, 0.4) is 0 Å². The molecule has 1 unspecified atom stereocenters. The molecule has 0 spiro atoms. The fourth-order valence-corrected chi connectivity index (χ4v) is 2.10. The Balaban J connectivity index is 3.40. The van der Waals surface area contributed by atoms with Crippen LogP contribution in [0.4, 0.5) is 0 Å². The van der Waals surface area contributed by atoms with E-state index >= 15 is 0 Å². The first kappa shape index (κ1) is 11.1. The van der Waals surface area contributed by atoms with Crippen LogP contribution in [0.25, 0.3) is 0 Å². The van der Waals surface area contributed by atoms with Crippen molar-refractivity contribution in [3.8, 4) is 0 Å². The SMILES string of the molecule is [CH2]CCCC=[SiH]C(C)C(C)C. The highest BCUT2D eigenvalue weighted by atomic mass is 28.2. The van der Waals surface area contributed by atoms with Crippen molar-refractivity contribution in [1.29, 1.82) is 0 Å². The van der Waals surface area contributed by atoms with Gasteiger partial charge in [-0.25, -0.2) is 0 Å². The molecule has 0 fully saturated rings. The molecule has 11 heavy (non-hydrogen) atoms. The summed E-state index contributed by atoms with van der Waals surface area (Å²) < 4.78 is 0. The lowest BCUT2D eigenvalue weighted by atomic mass is 10.1. The molecule has 0 nitrogen and oxygen atoms in total. The fraction of sp³-hybridized carbons (Fsp3) is 0.800. The van der Waals surface area contributed by atoms with Gasteiger partial charge in [0.25, 0.3) is 0 Å². The Bertz CT molecular complexity index is 105. The van der Waals surface area contributed by atoms with Gasteiger partial charge in [0.15, 0.2) is 0 Å². The van der Waals surface area contributed by atoms with Gasteiger partial charge in [0.05, 0.1) is 0 Å². The number of hydrogen-bond donors (Lipinski definition) is 0. The molecule has 1 atom stereocenters. The molecule has 0 aromatic rings. The van der Waals surface area contributed by atoms with Gasteiger partial charge in [-0.1, -0.05) is 40.5 Å². The Morgan fingerprint density at radius 1 is 1.36 bits per heavy atom. The maximum absolute atomic E-state index is 3.83. The van der Waals surface area contributed by atoms with Crippen LogP contribution in [0.5, 0.6) is 0 Å². The van der Waals surface area contributed by atoms with Crippen LogP contribution in [-0.4, -0.2) is 14.8 Å². The van der Waals surface area contributed by atoms with E-state index in [0.717, 1.165) is 17.9 Å². The summed E-state index contributed by atoms with van der Waals surface area (Å²) in [6.45, 7) is 10.8. The smallest absolute Gasteiger partial charge is 0.00863 e. The molecule has 1 radical (unpaired) electrons. The number of rotatable bonds is 5. The summed E-state index contributed by atoms with van der Waals surface area (Å²) in [6.07, 6.45) is 3.65. The molecule has 0 heterocycles. The Hall–Kier alpha value is 0.0869. The molecule has 65 valence electrons. The predicted octanol–water partition coefficient (Wildman–Crippen LogP) is 2.69. The van der Waals surface area contributed by atoms with Gasteiger partial charge in [0.2, 0.25) is 0 Å². The first-order chi connectivity index (χ1) is 5.18. The highest BCUT2D eigenvalue weighted by Gasteiger charge is 2.00. The van der Waals surface area contributed by atoms with Crippen LogP contribution >= 0.6 is 0 Å². The van der Waals surface area contributed by atoms with Gasteiger partial charge in [-0.2, -0.15) is 0 Å². The van der Waals surface area contributed by atoms with Crippen LogP contribution in [0.1, 0.15) is 40.0 Å². The molecule has 0 amide bonds. The molecule has 0 aliphatic rings. The third-order valence-electron chi connectivity index (χ3n) is 2.11. The van der Waals surface area contributed by atoms with Gasteiger partial charge in [-0.15, -0.1) is 5.67 Å². The summed E-state index contributed by atoms with van der Waals surface area (Å²) in [6, 6.07) is 0. The van der Waals surface area contributed by atoms with Gasteiger partial charge >= 0.3 is 0 Å². The van der Waals surface area contributed by atoms with E-state index < -0.39 is 0 Å². The molecular formula is C10H21Si. The zero-order chi connectivity index (χ0) is 8.69. The molecule has 0 N–H and O–H groups in total. The molecule has 1 heteroatoms. The lowest BCUT2D eigenvalue weighted by Crippen LogP contribution is -2.02. The highest BCUT2D eigenvalue weighted by molar-refractivity contribution is 6.48. The first-order valence-electron chi connectivity index (χ1n) is 4.64. The summed E-state index contributed by atoms with van der Waals surface area (Å²) in [4.78, 5) is 0. The summed E-state index contributed by atoms with van der Waals surface area (Å²) in [5.41, 5.74) is 3.43. The quantitative estimate of drug-likeness (QED) is 0.438. The average Bonchev–Trinajstić information content (AvgIpc) is 1.97. The van der Waals surface area contributed by atoms with Crippen molar-refractivity contribution in [2.75, 3.05) is 0 Å². The largest absolute Gasteiger partial charge is 0.106 e. The van der Waals surface area contributed by atoms with Crippen molar-refractivity contribution >= 4 is 14.8 Å². The molecule has 0 aliphatic heterocycles. The molecule has 0 rings (SSSR count). The molecule has 0 aliphatic carbocycles. The average molecular weight is 169 g/mol. The highest BCUT2D eigenvalue weighted by Crippen LogP contribution is 2.11. The zero-order valence-electron chi connectivity index (χ0n) is 8.14. The Morgan fingerprint density at radius 2 is 2.00 bits per heavy atom. The topological polar surface area (TPSA) is 0 Å². The monoisotopic (exact) mass is 169 g/mol. The van der Waals surface area contributed by atoms with Gasteiger partial charge in [0.1, 0.15) is 0 Å². The van der Waals surface area contributed by atoms with Crippen molar-refractivity contribution in [2.45, 2.75) is 45.6 Å². The van der Waals surface area contributed by atoms with Crippen LogP contribution in [0.15, 0.2) is 0 Å². The maximum Gasteiger partial charge on any atom is -0.00863 e. The summed E-state index contributed by atoms with van der Waals surface area (Å²) in [5, 5.41) is 0.